The van der Waals surface area contributed by atoms with Gasteiger partial charge in [-0.3, -0.25) is 9.59 Å². The first kappa shape index (κ1) is 26.1. The van der Waals surface area contributed by atoms with Crippen LogP contribution in [0, 0.1) is 5.82 Å². The third-order valence-electron chi connectivity index (χ3n) is 5.32. The number of thioether (sulfide) groups is 1. The quantitative estimate of drug-likeness (QED) is 0.371. The third-order valence-corrected chi connectivity index (χ3v) is 6.97. The van der Waals surface area contributed by atoms with Crippen molar-refractivity contribution < 1.29 is 14.0 Å². The van der Waals surface area contributed by atoms with Crippen molar-refractivity contribution in [3.8, 4) is 0 Å². The van der Waals surface area contributed by atoms with Gasteiger partial charge in [-0.25, -0.2) is 4.39 Å². The lowest BCUT2D eigenvalue weighted by Crippen LogP contribution is -2.50. The Hall–Kier alpha value is -2.54. The maximum absolute atomic E-state index is 13.4. The molecule has 3 aromatic carbocycles. The number of amides is 2. The minimum Gasteiger partial charge on any atom is -0.357 e. The molecule has 3 aromatic rings. The zero-order valence-electron chi connectivity index (χ0n) is 18.6. The molecule has 0 aliphatic carbocycles. The summed E-state index contributed by atoms with van der Waals surface area (Å²) < 4.78 is 13.4. The number of halogens is 3. The maximum Gasteiger partial charge on any atom is 0.242 e. The first-order valence-corrected chi connectivity index (χ1v) is 12.6. The van der Waals surface area contributed by atoms with Gasteiger partial charge in [-0.1, -0.05) is 71.7 Å². The van der Waals surface area contributed by atoms with Crippen molar-refractivity contribution in [3.63, 3.8) is 0 Å². The van der Waals surface area contributed by atoms with E-state index < -0.39 is 6.04 Å². The Bertz CT molecular complexity index is 1090. The fourth-order valence-corrected chi connectivity index (χ4v) is 5.15. The lowest BCUT2D eigenvalue weighted by atomic mass is 10.0. The van der Waals surface area contributed by atoms with Crippen LogP contribution in [0.4, 0.5) is 4.39 Å². The van der Waals surface area contributed by atoms with Crippen LogP contribution in [0.2, 0.25) is 10.0 Å². The average molecular weight is 519 g/mol. The predicted molar refractivity (Wildman–Crippen MR) is 138 cm³/mol. The van der Waals surface area contributed by atoms with Gasteiger partial charge in [0.25, 0.3) is 0 Å². The molecule has 0 radical (unpaired) electrons. The molecule has 0 saturated heterocycles. The first-order chi connectivity index (χ1) is 16.4. The largest absolute Gasteiger partial charge is 0.357 e. The Morgan fingerprint density at radius 3 is 2.21 bits per heavy atom. The summed E-state index contributed by atoms with van der Waals surface area (Å²) >= 11 is 13.9. The SMILES string of the molecule is CNC(=O)[C@H](Cc1ccccc1)N(Cc1ccc(F)cc1)C(=O)CSCc1c(Cl)cccc1Cl. The van der Waals surface area contributed by atoms with Crippen LogP contribution in [-0.4, -0.2) is 35.6 Å². The Kier molecular flexibility index (Phi) is 9.81. The van der Waals surface area contributed by atoms with E-state index in [0.29, 0.717) is 22.2 Å². The molecule has 0 spiro atoms. The summed E-state index contributed by atoms with van der Waals surface area (Å²) in [6.07, 6.45) is 0.356. The highest BCUT2D eigenvalue weighted by atomic mass is 35.5. The summed E-state index contributed by atoms with van der Waals surface area (Å²) in [4.78, 5) is 27.9. The fraction of sp³-hybridized carbons (Fsp3) is 0.231. The van der Waals surface area contributed by atoms with Crippen molar-refractivity contribution in [2.45, 2.75) is 24.8 Å². The van der Waals surface area contributed by atoms with Gasteiger partial charge >= 0.3 is 0 Å². The normalized spacial score (nSPS) is 11.6. The Morgan fingerprint density at radius 2 is 1.59 bits per heavy atom. The molecule has 0 bridgehead atoms. The molecule has 178 valence electrons. The van der Waals surface area contributed by atoms with Gasteiger partial charge in [0.15, 0.2) is 0 Å². The molecule has 34 heavy (non-hydrogen) atoms. The van der Waals surface area contributed by atoms with Gasteiger partial charge in [-0.15, -0.1) is 11.8 Å². The second kappa shape index (κ2) is 12.8. The summed E-state index contributed by atoms with van der Waals surface area (Å²) in [5.74, 6) is -0.246. The summed E-state index contributed by atoms with van der Waals surface area (Å²) in [6.45, 7) is 0.178. The number of benzene rings is 3. The van der Waals surface area contributed by atoms with Crippen LogP contribution in [0.5, 0.6) is 0 Å². The van der Waals surface area contributed by atoms with E-state index in [2.05, 4.69) is 5.32 Å². The van der Waals surface area contributed by atoms with Crippen LogP contribution in [0.15, 0.2) is 72.8 Å². The number of nitrogens with zero attached hydrogens (tertiary/aromatic N) is 1. The van der Waals surface area contributed by atoms with E-state index in [0.717, 1.165) is 16.7 Å². The van der Waals surface area contributed by atoms with E-state index >= 15 is 0 Å². The lowest BCUT2D eigenvalue weighted by Gasteiger charge is -2.31. The highest BCUT2D eigenvalue weighted by Gasteiger charge is 2.29. The van der Waals surface area contributed by atoms with Gasteiger partial charge in [0.2, 0.25) is 11.8 Å². The van der Waals surface area contributed by atoms with Gasteiger partial charge in [0.1, 0.15) is 11.9 Å². The van der Waals surface area contributed by atoms with Crippen LogP contribution in [0.1, 0.15) is 16.7 Å². The molecule has 3 rings (SSSR count). The Labute approximate surface area is 213 Å². The van der Waals surface area contributed by atoms with Crippen molar-refractivity contribution >= 4 is 46.8 Å². The van der Waals surface area contributed by atoms with Crippen molar-refractivity contribution in [1.29, 1.82) is 0 Å². The molecular formula is C26H25Cl2FN2O2S. The van der Waals surface area contributed by atoms with E-state index in [1.165, 1.54) is 23.9 Å². The lowest BCUT2D eigenvalue weighted by molar-refractivity contribution is -0.139. The van der Waals surface area contributed by atoms with Gasteiger partial charge in [-0.2, -0.15) is 0 Å². The van der Waals surface area contributed by atoms with E-state index in [9.17, 15) is 14.0 Å². The zero-order chi connectivity index (χ0) is 24.5. The summed E-state index contributed by atoms with van der Waals surface area (Å²) in [7, 11) is 1.55. The minimum absolute atomic E-state index is 0.130. The smallest absolute Gasteiger partial charge is 0.242 e. The van der Waals surface area contributed by atoms with Crippen molar-refractivity contribution in [3.05, 3.63) is 105 Å². The standard InChI is InChI=1S/C26H25Cl2FN2O2S/c1-30-26(33)24(14-18-6-3-2-4-7-18)31(15-19-10-12-20(29)13-11-19)25(32)17-34-16-21-22(27)8-5-9-23(21)28/h2-13,24H,14-17H2,1H3,(H,30,33)/t24-/m0/s1. The van der Waals surface area contributed by atoms with Crippen LogP contribution < -0.4 is 5.32 Å². The number of carbonyl (C=O) groups excluding carboxylic acids is 2. The maximum atomic E-state index is 13.4. The number of hydrogen-bond acceptors (Lipinski definition) is 3. The van der Waals surface area contributed by atoms with Crippen molar-refractivity contribution in [1.82, 2.24) is 10.2 Å². The van der Waals surface area contributed by atoms with E-state index in [1.807, 2.05) is 30.3 Å². The number of carbonyl (C=O) groups is 2. The topological polar surface area (TPSA) is 49.4 Å². The zero-order valence-corrected chi connectivity index (χ0v) is 21.0. The summed E-state index contributed by atoms with van der Waals surface area (Å²) in [5, 5.41) is 3.77. The summed E-state index contributed by atoms with van der Waals surface area (Å²) in [6, 6.07) is 20.0. The third kappa shape index (κ3) is 7.23. The average Bonchev–Trinajstić information content (AvgIpc) is 2.84. The van der Waals surface area contributed by atoms with Gasteiger partial charge in [0.05, 0.1) is 5.75 Å². The number of hydrogen-bond donors (Lipinski definition) is 1. The molecular weight excluding hydrogens is 494 g/mol. The molecule has 2 amide bonds. The number of nitrogens with one attached hydrogen (secondary N) is 1. The van der Waals surface area contributed by atoms with Gasteiger partial charge in [-0.05, 0) is 41.0 Å². The van der Waals surface area contributed by atoms with E-state index in [4.69, 9.17) is 23.2 Å². The Balaban J connectivity index is 1.82. The number of rotatable bonds is 10. The molecule has 0 heterocycles. The fourth-order valence-electron chi connectivity index (χ4n) is 3.50. The summed E-state index contributed by atoms with van der Waals surface area (Å²) in [5.41, 5.74) is 2.43. The van der Waals surface area contributed by atoms with E-state index in [-0.39, 0.29) is 29.9 Å². The van der Waals surface area contributed by atoms with Crippen molar-refractivity contribution in [2.75, 3.05) is 12.8 Å². The van der Waals surface area contributed by atoms with Gasteiger partial charge < -0.3 is 10.2 Å². The van der Waals surface area contributed by atoms with Crippen LogP contribution in [0.25, 0.3) is 0 Å². The molecule has 0 unspecified atom stereocenters. The molecule has 8 heteroatoms. The second-order valence-electron chi connectivity index (χ2n) is 7.66. The van der Waals surface area contributed by atoms with Crippen LogP contribution in [-0.2, 0) is 28.3 Å². The monoisotopic (exact) mass is 518 g/mol. The van der Waals surface area contributed by atoms with Crippen molar-refractivity contribution in [2.24, 2.45) is 0 Å². The predicted octanol–water partition coefficient (Wildman–Crippen LogP) is 5.75. The molecule has 1 atom stereocenters. The molecule has 0 aliphatic rings. The van der Waals surface area contributed by atoms with Gasteiger partial charge in [0, 0.05) is 35.8 Å². The van der Waals surface area contributed by atoms with E-state index in [1.54, 1.807) is 42.3 Å². The molecule has 1 N–H and O–H groups in total. The Morgan fingerprint density at radius 1 is 0.941 bits per heavy atom. The molecule has 0 aliphatic heterocycles. The molecule has 0 aromatic heterocycles. The van der Waals surface area contributed by atoms with Crippen LogP contribution >= 0.6 is 35.0 Å². The molecule has 0 fully saturated rings. The highest BCUT2D eigenvalue weighted by molar-refractivity contribution is 7.99. The second-order valence-corrected chi connectivity index (χ2v) is 9.46. The first-order valence-electron chi connectivity index (χ1n) is 10.7. The molecule has 0 saturated carbocycles. The highest BCUT2D eigenvalue weighted by Crippen LogP contribution is 2.28. The number of likely N-dealkylation sites (N-methyl/N-ethyl adjacent to an activating group) is 1. The van der Waals surface area contributed by atoms with Crippen LogP contribution in [0.3, 0.4) is 0 Å². The minimum atomic E-state index is -0.727. The molecule has 4 nitrogen and oxygen atoms in total.